The van der Waals surface area contributed by atoms with E-state index >= 15 is 0 Å². The van der Waals surface area contributed by atoms with Crippen molar-refractivity contribution in [2.24, 2.45) is 0 Å². The van der Waals surface area contributed by atoms with Gasteiger partial charge < -0.3 is 9.84 Å². The van der Waals surface area contributed by atoms with Gasteiger partial charge in [0.25, 0.3) is 0 Å². The molecule has 1 N–H and O–H groups in total. The molecule has 94 valence electrons. The van der Waals surface area contributed by atoms with Gasteiger partial charge in [0.2, 0.25) is 0 Å². The van der Waals surface area contributed by atoms with Crippen LogP contribution in [0, 0.1) is 0 Å². The van der Waals surface area contributed by atoms with Crippen LogP contribution in [0.1, 0.15) is 32.4 Å². The van der Waals surface area contributed by atoms with Gasteiger partial charge in [-0.05, 0) is 26.3 Å². The summed E-state index contributed by atoms with van der Waals surface area (Å²) in [5.74, 6) is -0.464. The van der Waals surface area contributed by atoms with Gasteiger partial charge in [0.15, 0.2) is 0 Å². The Morgan fingerprint density at radius 1 is 1.29 bits per heavy atom. The second-order valence-electron chi connectivity index (χ2n) is 4.79. The molecule has 0 saturated heterocycles. The SMILES string of the molecule is CC(C)(C)OC(=O)[C@@H](Br)[C@@H](O)c1ccccc1. The first kappa shape index (κ1) is 14.2. The molecule has 0 aromatic heterocycles. The Hall–Kier alpha value is -0.870. The smallest absolute Gasteiger partial charge is 0.323 e. The van der Waals surface area contributed by atoms with Crippen LogP contribution in [0.25, 0.3) is 0 Å². The van der Waals surface area contributed by atoms with Crippen LogP contribution in [-0.2, 0) is 9.53 Å². The Morgan fingerprint density at radius 3 is 2.29 bits per heavy atom. The normalized spacial score (nSPS) is 15.1. The summed E-state index contributed by atoms with van der Waals surface area (Å²) in [5, 5.41) is 10.0. The summed E-state index contributed by atoms with van der Waals surface area (Å²) in [5.41, 5.74) is 0.125. The van der Waals surface area contributed by atoms with Crippen molar-refractivity contribution >= 4 is 21.9 Å². The van der Waals surface area contributed by atoms with E-state index in [0.29, 0.717) is 5.56 Å². The molecule has 0 aliphatic rings. The van der Waals surface area contributed by atoms with Crippen molar-refractivity contribution in [3.8, 4) is 0 Å². The van der Waals surface area contributed by atoms with E-state index < -0.39 is 22.5 Å². The fourth-order valence-electron chi connectivity index (χ4n) is 1.31. The Balaban J connectivity index is 2.70. The quantitative estimate of drug-likeness (QED) is 0.690. The molecule has 2 atom stereocenters. The molecule has 1 aromatic carbocycles. The number of ether oxygens (including phenoxy) is 1. The number of carbonyl (C=O) groups is 1. The highest BCUT2D eigenvalue weighted by molar-refractivity contribution is 9.10. The van der Waals surface area contributed by atoms with E-state index in [1.165, 1.54) is 0 Å². The molecule has 0 heterocycles. The lowest BCUT2D eigenvalue weighted by molar-refractivity contribution is -0.156. The Bertz CT molecular complexity index is 370. The number of hydrogen-bond donors (Lipinski definition) is 1. The largest absolute Gasteiger partial charge is 0.459 e. The predicted molar refractivity (Wildman–Crippen MR) is 70.0 cm³/mol. The molecule has 0 bridgehead atoms. The highest BCUT2D eigenvalue weighted by Crippen LogP contribution is 2.24. The van der Waals surface area contributed by atoms with E-state index in [1.54, 1.807) is 32.9 Å². The summed E-state index contributed by atoms with van der Waals surface area (Å²) in [4.78, 5) is 11.0. The van der Waals surface area contributed by atoms with Crippen molar-refractivity contribution in [2.75, 3.05) is 0 Å². The molecule has 0 radical (unpaired) electrons. The van der Waals surface area contributed by atoms with Gasteiger partial charge in [0, 0.05) is 0 Å². The summed E-state index contributed by atoms with van der Waals surface area (Å²) in [7, 11) is 0. The highest BCUT2D eigenvalue weighted by Gasteiger charge is 2.29. The highest BCUT2D eigenvalue weighted by atomic mass is 79.9. The first-order chi connectivity index (χ1) is 7.81. The van der Waals surface area contributed by atoms with E-state index in [0.717, 1.165) is 0 Å². The lowest BCUT2D eigenvalue weighted by atomic mass is 10.1. The average Bonchev–Trinajstić information content (AvgIpc) is 2.26. The fourth-order valence-corrected chi connectivity index (χ4v) is 1.70. The van der Waals surface area contributed by atoms with Gasteiger partial charge in [0.1, 0.15) is 16.5 Å². The number of carbonyl (C=O) groups excluding carboxylic acids is 1. The molecule has 0 aliphatic carbocycles. The molecule has 0 fully saturated rings. The van der Waals surface area contributed by atoms with Gasteiger partial charge in [0.05, 0.1) is 0 Å². The van der Waals surface area contributed by atoms with Crippen molar-refractivity contribution in [1.29, 1.82) is 0 Å². The minimum absolute atomic E-state index is 0.464. The van der Waals surface area contributed by atoms with Crippen LogP contribution >= 0.6 is 15.9 Å². The molecular formula is C13H17BrO3. The number of alkyl halides is 1. The zero-order chi connectivity index (χ0) is 13.1. The summed E-state index contributed by atoms with van der Waals surface area (Å²) in [6.07, 6.45) is -0.911. The van der Waals surface area contributed by atoms with Gasteiger partial charge in [-0.15, -0.1) is 0 Å². The molecule has 4 heteroatoms. The molecule has 3 nitrogen and oxygen atoms in total. The zero-order valence-corrected chi connectivity index (χ0v) is 11.8. The number of aliphatic hydroxyl groups is 1. The van der Waals surface area contributed by atoms with Crippen LogP contribution in [0.5, 0.6) is 0 Å². The predicted octanol–water partition coefficient (Wildman–Crippen LogP) is 2.83. The molecule has 0 saturated carbocycles. The van der Waals surface area contributed by atoms with Crippen molar-refractivity contribution in [3.63, 3.8) is 0 Å². The minimum atomic E-state index is -0.911. The summed E-state index contributed by atoms with van der Waals surface area (Å²) in [6, 6.07) is 9.01. The minimum Gasteiger partial charge on any atom is -0.459 e. The van der Waals surface area contributed by atoms with Gasteiger partial charge in [-0.25, -0.2) is 0 Å². The van der Waals surface area contributed by atoms with Crippen molar-refractivity contribution in [3.05, 3.63) is 35.9 Å². The number of rotatable bonds is 3. The second-order valence-corrected chi connectivity index (χ2v) is 5.78. The first-order valence-corrected chi connectivity index (χ1v) is 6.33. The van der Waals surface area contributed by atoms with Crippen LogP contribution in [0.3, 0.4) is 0 Å². The van der Waals surface area contributed by atoms with Gasteiger partial charge in [-0.1, -0.05) is 46.3 Å². The topological polar surface area (TPSA) is 46.5 Å². The van der Waals surface area contributed by atoms with Gasteiger partial charge in [-0.3, -0.25) is 4.79 Å². The third-order valence-corrected chi connectivity index (χ3v) is 2.92. The molecule has 1 aromatic rings. The van der Waals surface area contributed by atoms with Crippen molar-refractivity contribution in [2.45, 2.75) is 37.3 Å². The van der Waals surface area contributed by atoms with Gasteiger partial charge >= 0.3 is 5.97 Å². The van der Waals surface area contributed by atoms with E-state index in [-0.39, 0.29) is 0 Å². The van der Waals surface area contributed by atoms with Crippen LogP contribution < -0.4 is 0 Å². The number of hydrogen-bond acceptors (Lipinski definition) is 3. The van der Waals surface area contributed by atoms with Crippen LogP contribution in [0.4, 0.5) is 0 Å². The van der Waals surface area contributed by atoms with Crippen LogP contribution in [0.2, 0.25) is 0 Å². The first-order valence-electron chi connectivity index (χ1n) is 5.41. The van der Waals surface area contributed by atoms with Crippen LogP contribution in [-0.4, -0.2) is 21.5 Å². The van der Waals surface area contributed by atoms with E-state index in [4.69, 9.17) is 4.74 Å². The standard InChI is InChI=1S/C13H17BrO3/c1-13(2,3)17-12(16)10(14)11(15)9-7-5-4-6-8-9/h4-8,10-11,15H,1-3H3/t10-,11-/m0/s1. The van der Waals surface area contributed by atoms with Crippen molar-refractivity contribution in [1.82, 2.24) is 0 Å². The molecule has 1 rings (SSSR count). The summed E-state index contributed by atoms with van der Waals surface area (Å²) < 4.78 is 5.20. The Kier molecular flexibility index (Phi) is 4.71. The van der Waals surface area contributed by atoms with E-state index in [2.05, 4.69) is 15.9 Å². The molecule has 17 heavy (non-hydrogen) atoms. The number of halogens is 1. The summed E-state index contributed by atoms with van der Waals surface area (Å²) >= 11 is 3.17. The monoisotopic (exact) mass is 300 g/mol. The second kappa shape index (κ2) is 5.65. The summed E-state index contributed by atoms with van der Waals surface area (Å²) in [6.45, 7) is 5.37. The zero-order valence-electron chi connectivity index (χ0n) is 10.2. The molecular weight excluding hydrogens is 284 g/mol. The van der Waals surface area contributed by atoms with Crippen LogP contribution in [0.15, 0.2) is 30.3 Å². The maximum Gasteiger partial charge on any atom is 0.323 e. The molecule has 0 unspecified atom stereocenters. The maximum atomic E-state index is 11.7. The molecule has 0 aliphatic heterocycles. The van der Waals surface area contributed by atoms with E-state index in [1.807, 2.05) is 18.2 Å². The lowest BCUT2D eigenvalue weighted by Crippen LogP contribution is -2.32. The number of benzene rings is 1. The Morgan fingerprint density at radius 2 is 1.82 bits per heavy atom. The van der Waals surface area contributed by atoms with E-state index in [9.17, 15) is 9.90 Å². The molecule has 0 spiro atoms. The third kappa shape index (κ3) is 4.48. The number of aliphatic hydroxyl groups excluding tert-OH is 1. The average molecular weight is 301 g/mol. The number of esters is 1. The molecule has 0 amide bonds. The lowest BCUT2D eigenvalue weighted by Gasteiger charge is -2.23. The van der Waals surface area contributed by atoms with Crippen molar-refractivity contribution < 1.29 is 14.6 Å². The Labute approximate surface area is 110 Å². The fraction of sp³-hybridized carbons (Fsp3) is 0.462. The van der Waals surface area contributed by atoms with Gasteiger partial charge in [-0.2, -0.15) is 0 Å². The maximum absolute atomic E-state index is 11.7. The third-order valence-electron chi connectivity index (χ3n) is 2.05.